The number of alkyl halides is 2. The predicted molar refractivity (Wildman–Crippen MR) is 74.2 cm³/mol. The molecule has 1 aromatic carbocycles. The van der Waals surface area contributed by atoms with Crippen molar-refractivity contribution in [3.8, 4) is 0 Å². The van der Waals surface area contributed by atoms with E-state index in [9.17, 15) is 26.5 Å². The summed E-state index contributed by atoms with van der Waals surface area (Å²) in [5, 5.41) is -5.09. The van der Waals surface area contributed by atoms with Gasteiger partial charge in [-0.2, -0.15) is 8.78 Å². The van der Waals surface area contributed by atoms with Gasteiger partial charge in [-0.05, 0) is 23.0 Å². The fraction of sp³-hybridized carbons (Fsp3) is 0.500. The number of carbonyl (C=O) groups excluding carboxylic acids is 1. The highest BCUT2D eigenvalue weighted by Crippen LogP contribution is 2.27. The van der Waals surface area contributed by atoms with Crippen molar-refractivity contribution >= 4 is 16.1 Å². The Bertz CT molecular complexity index is 636. The molecule has 1 rings (SSSR count). The highest BCUT2D eigenvalue weighted by Gasteiger charge is 2.48. The van der Waals surface area contributed by atoms with Crippen LogP contribution >= 0.6 is 0 Å². The van der Waals surface area contributed by atoms with Gasteiger partial charge in [0.05, 0.1) is 0 Å². The second-order valence-electron chi connectivity index (χ2n) is 5.48. The van der Waals surface area contributed by atoms with Gasteiger partial charge < -0.3 is 9.29 Å². The van der Waals surface area contributed by atoms with Crippen LogP contribution in [0.4, 0.5) is 8.78 Å². The molecule has 0 spiro atoms. The van der Waals surface area contributed by atoms with E-state index in [0.29, 0.717) is 5.56 Å². The lowest BCUT2D eigenvalue weighted by Gasteiger charge is -2.23. The van der Waals surface area contributed by atoms with Crippen molar-refractivity contribution in [2.24, 2.45) is 0 Å². The Kier molecular flexibility index (Phi) is 5.30. The molecule has 0 amide bonds. The van der Waals surface area contributed by atoms with Crippen LogP contribution < -0.4 is 0 Å². The van der Waals surface area contributed by atoms with Gasteiger partial charge in [0, 0.05) is 0 Å². The second-order valence-corrected chi connectivity index (χ2v) is 6.90. The summed E-state index contributed by atoms with van der Waals surface area (Å²) in [5.41, 5.74) is 1.37. The van der Waals surface area contributed by atoms with Crippen molar-refractivity contribution < 1.29 is 31.3 Å². The third kappa shape index (κ3) is 4.01. The van der Waals surface area contributed by atoms with Gasteiger partial charge in [0.1, 0.15) is 6.61 Å². The molecule has 22 heavy (non-hydrogen) atoms. The minimum atomic E-state index is -6.09. The summed E-state index contributed by atoms with van der Waals surface area (Å²) in [6, 6.07) is 6.72. The molecule has 0 saturated heterocycles. The first kappa shape index (κ1) is 18.5. The first-order valence-corrected chi connectivity index (χ1v) is 7.92. The summed E-state index contributed by atoms with van der Waals surface area (Å²) >= 11 is 0. The fourth-order valence-corrected chi connectivity index (χ4v) is 1.85. The van der Waals surface area contributed by atoms with Gasteiger partial charge in [0.15, 0.2) is 10.1 Å². The molecule has 124 valence electrons. The summed E-state index contributed by atoms with van der Waals surface area (Å²) in [6.07, 6.45) is 0.898. The molecule has 0 heterocycles. The Hall–Kier alpha value is -1.54. The van der Waals surface area contributed by atoms with Gasteiger partial charge in [0.25, 0.3) is 0 Å². The molecule has 5 nitrogen and oxygen atoms in total. The quantitative estimate of drug-likeness (QED) is 0.589. The van der Waals surface area contributed by atoms with Gasteiger partial charge >= 0.3 is 11.2 Å². The number of hydrogen-bond donors (Lipinski definition) is 0. The molecule has 0 aromatic heterocycles. The van der Waals surface area contributed by atoms with Crippen molar-refractivity contribution in [1.29, 1.82) is 0 Å². The minimum Gasteiger partial charge on any atom is -0.743 e. The molecule has 1 aromatic rings. The van der Waals surface area contributed by atoms with E-state index >= 15 is 0 Å². The smallest absolute Gasteiger partial charge is 0.428 e. The number of esters is 1. The lowest BCUT2D eigenvalue weighted by Crippen LogP contribution is -2.38. The standard InChI is InChI=1S/C14H18F2O5S/c1-4-13(2,3)11-7-5-10(6-8-11)9-21-12(17)14(15,16)22(18,19)20/h5-8H,4,9H2,1-3H3,(H,18,19,20)/p-1. The van der Waals surface area contributed by atoms with E-state index in [2.05, 4.69) is 4.74 Å². The van der Waals surface area contributed by atoms with Gasteiger partial charge in [0.2, 0.25) is 0 Å². The molecule has 0 N–H and O–H groups in total. The minimum absolute atomic E-state index is 0.0567. The zero-order valence-electron chi connectivity index (χ0n) is 12.4. The molecule has 0 aliphatic carbocycles. The average Bonchev–Trinajstić information content (AvgIpc) is 2.43. The van der Waals surface area contributed by atoms with Crippen LogP contribution in [0.5, 0.6) is 0 Å². The van der Waals surface area contributed by atoms with E-state index < -0.39 is 27.9 Å². The second kappa shape index (κ2) is 6.29. The van der Waals surface area contributed by atoms with Crippen molar-refractivity contribution in [1.82, 2.24) is 0 Å². The highest BCUT2D eigenvalue weighted by atomic mass is 32.2. The van der Waals surface area contributed by atoms with Gasteiger partial charge in [-0.25, -0.2) is 13.2 Å². The largest absolute Gasteiger partial charge is 0.743 e. The van der Waals surface area contributed by atoms with Crippen molar-refractivity contribution in [2.75, 3.05) is 0 Å². The lowest BCUT2D eigenvalue weighted by molar-refractivity contribution is -0.162. The zero-order chi connectivity index (χ0) is 17.2. The molecule has 0 atom stereocenters. The predicted octanol–water partition coefficient (Wildman–Crippen LogP) is 2.56. The number of ether oxygens (including phenoxy) is 1. The van der Waals surface area contributed by atoms with Crippen LogP contribution in [0, 0.1) is 0 Å². The van der Waals surface area contributed by atoms with E-state index in [1.165, 1.54) is 0 Å². The van der Waals surface area contributed by atoms with E-state index in [1.54, 1.807) is 24.3 Å². The molecule has 8 heteroatoms. The number of rotatable bonds is 6. The fourth-order valence-electron chi connectivity index (χ4n) is 1.59. The molecular formula is C14H17F2O5S-. The maximum Gasteiger partial charge on any atom is 0.428 e. The Morgan fingerprint density at radius 3 is 2.14 bits per heavy atom. The number of halogens is 2. The van der Waals surface area contributed by atoms with E-state index in [1.807, 2.05) is 20.8 Å². The van der Waals surface area contributed by atoms with Gasteiger partial charge in [-0.15, -0.1) is 0 Å². The molecular weight excluding hydrogens is 318 g/mol. The molecule has 0 fully saturated rings. The third-order valence-electron chi connectivity index (χ3n) is 3.54. The van der Waals surface area contributed by atoms with Crippen LogP contribution in [0.25, 0.3) is 0 Å². The lowest BCUT2D eigenvalue weighted by atomic mass is 9.82. The Balaban J connectivity index is 2.76. The molecule has 0 aliphatic heterocycles. The molecule has 0 bridgehead atoms. The van der Waals surface area contributed by atoms with E-state index in [4.69, 9.17) is 0 Å². The number of benzene rings is 1. The van der Waals surface area contributed by atoms with E-state index in [0.717, 1.165) is 12.0 Å². The third-order valence-corrected chi connectivity index (χ3v) is 4.34. The summed E-state index contributed by atoms with van der Waals surface area (Å²) in [7, 11) is -6.09. The Labute approximate surface area is 128 Å². The summed E-state index contributed by atoms with van der Waals surface area (Å²) < 4.78 is 60.9. The summed E-state index contributed by atoms with van der Waals surface area (Å²) in [4.78, 5) is 11.0. The van der Waals surface area contributed by atoms with Crippen LogP contribution in [0.3, 0.4) is 0 Å². The van der Waals surface area contributed by atoms with Crippen LogP contribution in [-0.4, -0.2) is 24.2 Å². The maximum atomic E-state index is 12.9. The van der Waals surface area contributed by atoms with Gasteiger partial charge in [-0.3, -0.25) is 0 Å². The van der Waals surface area contributed by atoms with Crippen LogP contribution in [-0.2, 0) is 31.7 Å². The maximum absolute atomic E-state index is 12.9. The van der Waals surface area contributed by atoms with Crippen molar-refractivity contribution in [2.45, 2.75) is 44.5 Å². The monoisotopic (exact) mass is 335 g/mol. The Morgan fingerprint density at radius 2 is 1.73 bits per heavy atom. The average molecular weight is 335 g/mol. The number of carbonyl (C=O) groups is 1. The van der Waals surface area contributed by atoms with Crippen molar-refractivity contribution in [3.63, 3.8) is 0 Å². The SMILES string of the molecule is CCC(C)(C)c1ccc(COC(=O)C(F)(F)S(=O)(=O)[O-])cc1. The topological polar surface area (TPSA) is 83.5 Å². The van der Waals surface area contributed by atoms with Crippen LogP contribution in [0.1, 0.15) is 38.3 Å². The first-order chi connectivity index (χ1) is 9.91. The number of hydrogen-bond acceptors (Lipinski definition) is 5. The highest BCUT2D eigenvalue weighted by molar-refractivity contribution is 7.87. The summed E-state index contributed by atoms with van der Waals surface area (Å²) in [5.74, 6) is -2.37. The molecule has 0 saturated carbocycles. The van der Waals surface area contributed by atoms with Gasteiger partial charge in [-0.1, -0.05) is 45.0 Å². The van der Waals surface area contributed by atoms with Crippen LogP contribution in [0.2, 0.25) is 0 Å². The van der Waals surface area contributed by atoms with Crippen molar-refractivity contribution in [3.05, 3.63) is 35.4 Å². The molecule has 0 aliphatic rings. The molecule has 0 radical (unpaired) electrons. The summed E-state index contributed by atoms with van der Waals surface area (Å²) in [6.45, 7) is 5.57. The van der Waals surface area contributed by atoms with E-state index in [-0.39, 0.29) is 5.41 Å². The first-order valence-electron chi connectivity index (χ1n) is 6.51. The van der Waals surface area contributed by atoms with Crippen LogP contribution in [0.15, 0.2) is 24.3 Å². The zero-order valence-corrected chi connectivity index (χ0v) is 13.2. The molecule has 0 unspecified atom stereocenters. The Morgan fingerprint density at radius 1 is 1.23 bits per heavy atom. The normalized spacial score (nSPS) is 13.0.